The average molecular weight is 187 g/mol. The molecular formula is C11H25NO. The van der Waals surface area contributed by atoms with Crippen molar-refractivity contribution >= 4 is 0 Å². The second kappa shape index (κ2) is 6.39. The zero-order valence-electron chi connectivity index (χ0n) is 9.56. The van der Waals surface area contributed by atoms with E-state index in [1.807, 2.05) is 0 Å². The Morgan fingerprint density at radius 2 is 1.77 bits per heavy atom. The summed E-state index contributed by atoms with van der Waals surface area (Å²) in [5.41, 5.74) is 0.220. The molecule has 0 aliphatic rings. The van der Waals surface area contributed by atoms with E-state index < -0.39 is 0 Å². The van der Waals surface area contributed by atoms with Crippen LogP contribution in [0.3, 0.4) is 0 Å². The third kappa shape index (κ3) is 6.05. The van der Waals surface area contributed by atoms with Gasteiger partial charge in [-0.3, -0.25) is 0 Å². The van der Waals surface area contributed by atoms with Crippen LogP contribution in [-0.2, 0) is 0 Å². The van der Waals surface area contributed by atoms with Gasteiger partial charge >= 0.3 is 0 Å². The van der Waals surface area contributed by atoms with Crippen molar-refractivity contribution in [3.63, 3.8) is 0 Å². The number of hydrogen-bond acceptors (Lipinski definition) is 2. The molecule has 2 N–H and O–H groups in total. The lowest BCUT2D eigenvalue weighted by Crippen LogP contribution is -2.36. The highest BCUT2D eigenvalue weighted by Crippen LogP contribution is 2.18. The van der Waals surface area contributed by atoms with Crippen LogP contribution in [0.25, 0.3) is 0 Å². The fraction of sp³-hybridized carbons (Fsp3) is 1.00. The van der Waals surface area contributed by atoms with Gasteiger partial charge < -0.3 is 10.4 Å². The fourth-order valence-electron chi connectivity index (χ4n) is 1.39. The maximum absolute atomic E-state index is 8.85. The Morgan fingerprint density at radius 1 is 1.23 bits per heavy atom. The van der Waals surface area contributed by atoms with Gasteiger partial charge in [0, 0.05) is 19.2 Å². The van der Waals surface area contributed by atoms with E-state index in [2.05, 4.69) is 33.0 Å². The van der Waals surface area contributed by atoms with Crippen LogP contribution < -0.4 is 5.32 Å². The molecular weight excluding hydrogens is 162 g/mol. The van der Waals surface area contributed by atoms with Gasteiger partial charge in [-0.1, -0.05) is 27.7 Å². The Labute approximate surface area is 82.7 Å². The number of hydrogen-bond donors (Lipinski definition) is 2. The molecule has 0 heterocycles. The molecule has 0 saturated heterocycles. The Kier molecular flexibility index (Phi) is 6.35. The van der Waals surface area contributed by atoms with E-state index in [1.165, 1.54) is 12.8 Å². The summed E-state index contributed by atoms with van der Waals surface area (Å²) in [7, 11) is 0. The molecule has 0 radical (unpaired) electrons. The monoisotopic (exact) mass is 187 g/mol. The molecule has 0 atom stereocenters. The minimum absolute atomic E-state index is 0.220. The van der Waals surface area contributed by atoms with Crippen molar-refractivity contribution in [1.29, 1.82) is 0 Å². The van der Waals surface area contributed by atoms with E-state index in [4.69, 9.17) is 5.11 Å². The van der Waals surface area contributed by atoms with E-state index in [9.17, 15) is 0 Å². The molecule has 0 spiro atoms. The van der Waals surface area contributed by atoms with Crippen molar-refractivity contribution in [3.8, 4) is 0 Å². The first kappa shape index (κ1) is 12.9. The van der Waals surface area contributed by atoms with E-state index in [0.717, 1.165) is 13.0 Å². The molecule has 2 nitrogen and oxygen atoms in total. The summed E-state index contributed by atoms with van der Waals surface area (Å²) in [6.45, 7) is 10.1. The second-order valence-electron chi connectivity index (χ2n) is 4.53. The zero-order valence-corrected chi connectivity index (χ0v) is 9.56. The highest BCUT2D eigenvalue weighted by Gasteiger charge is 2.17. The maximum Gasteiger partial charge on any atom is 0.0436 e. The standard InChI is InChI=1S/C11H25NO/c1-5-10(6-2)12-9-11(3,4)7-8-13/h10,12-13H,5-9H2,1-4H3. The summed E-state index contributed by atoms with van der Waals surface area (Å²) in [5, 5.41) is 12.4. The molecule has 0 bridgehead atoms. The summed E-state index contributed by atoms with van der Waals surface area (Å²) >= 11 is 0. The molecule has 0 aromatic rings. The topological polar surface area (TPSA) is 32.3 Å². The molecule has 0 rings (SSSR count). The van der Waals surface area contributed by atoms with Crippen molar-refractivity contribution in [2.45, 2.75) is 53.0 Å². The summed E-state index contributed by atoms with van der Waals surface area (Å²) in [6, 6.07) is 0.637. The first-order chi connectivity index (χ1) is 6.05. The number of nitrogens with one attached hydrogen (secondary N) is 1. The van der Waals surface area contributed by atoms with E-state index in [1.54, 1.807) is 0 Å². The minimum atomic E-state index is 0.220. The highest BCUT2D eigenvalue weighted by molar-refractivity contribution is 4.74. The zero-order chi connectivity index (χ0) is 10.3. The van der Waals surface area contributed by atoms with Gasteiger partial charge in [0.15, 0.2) is 0 Å². The van der Waals surface area contributed by atoms with Gasteiger partial charge in [0.2, 0.25) is 0 Å². The molecule has 2 heteroatoms. The number of rotatable bonds is 7. The van der Waals surface area contributed by atoms with E-state index in [0.29, 0.717) is 6.04 Å². The molecule has 13 heavy (non-hydrogen) atoms. The van der Waals surface area contributed by atoms with Crippen LogP contribution in [0.2, 0.25) is 0 Å². The quantitative estimate of drug-likeness (QED) is 0.640. The van der Waals surface area contributed by atoms with Gasteiger partial charge in [-0.2, -0.15) is 0 Å². The predicted molar refractivity (Wildman–Crippen MR) is 57.9 cm³/mol. The van der Waals surface area contributed by atoms with Gasteiger partial charge in [0.1, 0.15) is 0 Å². The van der Waals surface area contributed by atoms with Crippen LogP contribution in [0.15, 0.2) is 0 Å². The minimum Gasteiger partial charge on any atom is -0.396 e. The van der Waals surface area contributed by atoms with Gasteiger partial charge in [0.05, 0.1) is 0 Å². The Balaban J connectivity index is 3.71. The second-order valence-corrected chi connectivity index (χ2v) is 4.53. The highest BCUT2D eigenvalue weighted by atomic mass is 16.3. The fourth-order valence-corrected chi connectivity index (χ4v) is 1.39. The molecule has 0 amide bonds. The van der Waals surface area contributed by atoms with Crippen molar-refractivity contribution in [3.05, 3.63) is 0 Å². The lowest BCUT2D eigenvalue weighted by molar-refractivity contribution is 0.202. The molecule has 0 unspecified atom stereocenters. The molecule has 0 aromatic carbocycles. The summed E-state index contributed by atoms with van der Waals surface area (Å²) < 4.78 is 0. The van der Waals surface area contributed by atoms with Crippen LogP contribution in [0.4, 0.5) is 0 Å². The van der Waals surface area contributed by atoms with Crippen LogP contribution in [0.1, 0.15) is 47.0 Å². The van der Waals surface area contributed by atoms with Crippen LogP contribution in [0.5, 0.6) is 0 Å². The van der Waals surface area contributed by atoms with Gasteiger partial charge in [-0.25, -0.2) is 0 Å². The van der Waals surface area contributed by atoms with E-state index >= 15 is 0 Å². The van der Waals surface area contributed by atoms with Crippen molar-refractivity contribution in [1.82, 2.24) is 5.32 Å². The van der Waals surface area contributed by atoms with Crippen molar-refractivity contribution < 1.29 is 5.11 Å². The molecule has 0 aliphatic carbocycles. The van der Waals surface area contributed by atoms with Crippen LogP contribution in [-0.4, -0.2) is 24.3 Å². The molecule has 0 saturated carbocycles. The Morgan fingerprint density at radius 3 is 2.15 bits per heavy atom. The third-order valence-electron chi connectivity index (χ3n) is 2.64. The summed E-state index contributed by atoms with van der Waals surface area (Å²) in [4.78, 5) is 0. The molecule has 0 aliphatic heterocycles. The number of aliphatic hydroxyl groups is 1. The lowest BCUT2D eigenvalue weighted by Gasteiger charge is -2.27. The first-order valence-corrected chi connectivity index (χ1v) is 5.40. The Bertz CT molecular complexity index is 119. The van der Waals surface area contributed by atoms with Gasteiger partial charge in [0.25, 0.3) is 0 Å². The SMILES string of the molecule is CCC(CC)NCC(C)(C)CCO. The van der Waals surface area contributed by atoms with Crippen molar-refractivity contribution in [2.24, 2.45) is 5.41 Å². The maximum atomic E-state index is 8.85. The molecule has 0 aromatic heterocycles. The van der Waals surface area contributed by atoms with E-state index in [-0.39, 0.29) is 12.0 Å². The van der Waals surface area contributed by atoms with Crippen molar-refractivity contribution in [2.75, 3.05) is 13.2 Å². The first-order valence-electron chi connectivity index (χ1n) is 5.40. The van der Waals surface area contributed by atoms with Gasteiger partial charge in [-0.05, 0) is 24.7 Å². The summed E-state index contributed by atoms with van der Waals surface area (Å²) in [6.07, 6.45) is 3.25. The molecule has 80 valence electrons. The Hall–Kier alpha value is -0.0800. The average Bonchev–Trinajstić information content (AvgIpc) is 2.06. The van der Waals surface area contributed by atoms with Gasteiger partial charge in [-0.15, -0.1) is 0 Å². The largest absolute Gasteiger partial charge is 0.396 e. The van der Waals surface area contributed by atoms with Crippen LogP contribution in [0, 0.1) is 5.41 Å². The normalized spacial score (nSPS) is 12.5. The predicted octanol–water partition coefficient (Wildman–Crippen LogP) is 2.17. The number of aliphatic hydroxyl groups excluding tert-OH is 1. The summed E-state index contributed by atoms with van der Waals surface area (Å²) in [5.74, 6) is 0. The smallest absolute Gasteiger partial charge is 0.0436 e. The third-order valence-corrected chi connectivity index (χ3v) is 2.64. The molecule has 0 fully saturated rings. The van der Waals surface area contributed by atoms with Crippen LogP contribution >= 0.6 is 0 Å². The lowest BCUT2D eigenvalue weighted by atomic mass is 9.89.